The van der Waals surface area contributed by atoms with Crippen molar-refractivity contribution in [1.29, 1.82) is 0 Å². The molecule has 1 aromatic heterocycles. The average Bonchev–Trinajstić information content (AvgIpc) is 3.47. The standard InChI is InChI=1S/C43H36OSe/c1-25-21-23-29(27(3)39(25)33-15-12-18-36-41(33)44-37-19-9-8-17-35(37)43(36,5)6)30-24-22-26(2)40(28(30)4)34-16-11-14-32-31-13-7-10-20-38(31)45-42(32)34/h7-24H,1-6H3/i3D3,5D3. The molecule has 0 aliphatic carbocycles. The van der Waals surface area contributed by atoms with Crippen molar-refractivity contribution < 1.29 is 13.0 Å². The Kier molecular flexibility index (Phi) is 5.10. The van der Waals surface area contributed by atoms with E-state index in [1.165, 1.54) is 24.9 Å². The van der Waals surface area contributed by atoms with Crippen LogP contribution in [-0.4, -0.2) is 14.5 Å². The summed E-state index contributed by atoms with van der Waals surface area (Å²) >= 11 is 0.145. The molecular weight excluding hydrogens is 611 g/mol. The van der Waals surface area contributed by atoms with Gasteiger partial charge < -0.3 is 0 Å². The van der Waals surface area contributed by atoms with E-state index in [2.05, 4.69) is 62.4 Å². The average molecular weight is 654 g/mol. The van der Waals surface area contributed by atoms with Gasteiger partial charge in [0.1, 0.15) is 0 Å². The molecule has 0 N–H and O–H groups in total. The van der Waals surface area contributed by atoms with Gasteiger partial charge in [-0.05, 0) is 6.07 Å². The van der Waals surface area contributed by atoms with Crippen LogP contribution in [0.15, 0.2) is 109 Å². The van der Waals surface area contributed by atoms with E-state index in [0.29, 0.717) is 39.3 Å². The van der Waals surface area contributed by atoms with E-state index >= 15 is 0 Å². The van der Waals surface area contributed by atoms with Gasteiger partial charge in [-0.15, -0.1) is 0 Å². The Labute approximate surface area is 280 Å². The first kappa shape index (κ1) is 22.2. The van der Waals surface area contributed by atoms with Crippen molar-refractivity contribution in [2.75, 3.05) is 0 Å². The van der Waals surface area contributed by atoms with Crippen LogP contribution in [0.3, 0.4) is 0 Å². The molecule has 220 valence electrons. The Morgan fingerprint density at radius 2 is 1.24 bits per heavy atom. The SMILES string of the molecule is [2H]C([2H])([2H])c1c(-c2ccc(C)c(-c3cccc4c3[se]c3ccccc34)c2C)ccc(C)c1-c1cccc2c1Oc1ccccc1C2(C)C([2H])([2H])[2H]. The predicted octanol–water partition coefficient (Wildman–Crippen LogP) is 11.7. The minimum atomic E-state index is -2.50. The van der Waals surface area contributed by atoms with Crippen molar-refractivity contribution in [1.82, 2.24) is 0 Å². The van der Waals surface area contributed by atoms with Gasteiger partial charge in [0.25, 0.3) is 0 Å². The normalized spacial score (nSPS) is 18.1. The Bertz CT molecular complexity index is 2540. The molecule has 2 heteroatoms. The van der Waals surface area contributed by atoms with Crippen LogP contribution in [0.2, 0.25) is 0 Å². The molecule has 0 spiro atoms. The second-order valence-electron chi connectivity index (χ2n) is 12.3. The maximum atomic E-state index is 8.99. The molecule has 1 atom stereocenters. The molecule has 0 saturated carbocycles. The first-order valence-corrected chi connectivity index (χ1v) is 17.0. The molecule has 6 aromatic carbocycles. The number of hydrogen-bond donors (Lipinski definition) is 0. The number of rotatable bonds is 3. The van der Waals surface area contributed by atoms with Gasteiger partial charge in [0.15, 0.2) is 0 Å². The van der Waals surface area contributed by atoms with E-state index in [1.807, 2.05) is 49.4 Å². The fourth-order valence-corrected chi connectivity index (χ4v) is 9.80. The second-order valence-corrected chi connectivity index (χ2v) is 14.5. The summed E-state index contributed by atoms with van der Waals surface area (Å²) in [5.41, 5.74) is 7.76. The summed E-state index contributed by atoms with van der Waals surface area (Å²) in [6.45, 7) is 2.96. The van der Waals surface area contributed by atoms with Crippen LogP contribution in [0.1, 0.15) is 55.4 Å². The summed E-state index contributed by atoms with van der Waals surface area (Å²) in [5.74, 6) is 0.835. The molecule has 0 bridgehead atoms. The molecule has 1 unspecified atom stereocenters. The first-order chi connectivity index (χ1) is 24.2. The van der Waals surface area contributed by atoms with Crippen LogP contribution in [0.5, 0.6) is 11.5 Å². The van der Waals surface area contributed by atoms with Gasteiger partial charge in [-0.25, -0.2) is 0 Å². The number of fused-ring (bicyclic) bond motifs is 5. The van der Waals surface area contributed by atoms with Gasteiger partial charge in [-0.1, -0.05) is 32.0 Å². The van der Waals surface area contributed by atoms with Crippen LogP contribution >= 0.6 is 0 Å². The number of aryl methyl sites for hydroxylation is 2. The van der Waals surface area contributed by atoms with Crippen LogP contribution < -0.4 is 4.74 Å². The molecular formula is C43H36OSe. The monoisotopic (exact) mass is 654 g/mol. The minimum Gasteiger partial charge on any atom is -0.0617 e. The van der Waals surface area contributed by atoms with Crippen LogP contribution in [-0.2, 0) is 5.41 Å². The Balaban J connectivity index is 1.39. The summed E-state index contributed by atoms with van der Waals surface area (Å²) in [6, 6.07) is 35.9. The molecule has 0 radical (unpaired) electrons. The summed E-state index contributed by atoms with van der Waals surface area (Å²) < 4.78 is 62.4. The first-order valence-electron chi connectivity index (χ1n) is 18.3. The quantitative estimate of drug-likeness (QED) is 0.173. The minimum absolute atomic E-state index is 0.145. The van der Waals surface area contributed by atoms with E-state index in [-0.39, 0.29) is 20.1 Å². The molecule has 0 amide bonds. The fourth-order valence-electron chi connectivity index (χ4n) is 7.24. The number of para-hydroxylation sites is 2. The van der Waals surface area contributed by atoms with Crippen molar-refractivity contribution in [3.8, 4) is 44.9 Å². The topological polar surface area (TPSA) is 9.23 Å². The zero-order chi connectivity index (χ0) is 36.0. The third-order valence-corrected chi connectivity index (χ3v) is 12.1. The summed E-state index contributed by atoms with van der Waals surface area (Å²) in [5, 5.41) is 2.56. The predicted molar refractivity (Wildman–Crippen MR) is 192 cm³/mol. The van der Waals surface area contributed by atoms with Crippen molar-refractivity contribution >= 4 is 33.8 Å². The molecule has 8 rings (SSSR count). The maximum absolute atomic E-state index is 8.99. The molecule has 0 saturated heterocycles. The molecule has 7 aromatic rings. The Morgan fingerprint density at radius 1 is 0.600 bits per heavy atom. The second kappa shape index (κ2) is 10.3. The molecule has 1 aliphatic rings. The van der Waals surface area contributed by atoms with Crippen molar-refractivity contribution in [3.63, 3.8) is 0 Å². The molecule has 45 heavy (non-hydrogen) atoms. The van der Waals surface area contributed by atoms with Crippen molar-refractivity contribution in [2.24, 2.45) is 0 Å². The van der Waals surface area contributed by atoms with Gasteiger partial charge >= 0.3 is 233 Å². The van der Waals surface area contributed by atoms with Crippen LogP contribution in [0.4, 0.5) is 0 Å². The smallest absolute Gasteiger partial charge is 0.0617 e. The molecule has 1 nitrogen and oxygen atoms in total. The molecule has 0 fully saturated rings. The van der Waals surface area contributed by atoms with E-state index in [1.54, 1.807) is 25.1 Å². The third-order valence-electron chi connectivity index (χ3n) is 9.51. The van der Waals surface area contributed by atoms with Gasteiger partial charge in [0.2, 0.25) is 0 Å². The third kappa shape index (κ3) is 4.20. The number of benzene rings is 6. The molecule has 1 aliphatic heterocycles. The van der Waals surface area contributed by atoms with Crippen LogP contribution in [0.25, 0.3) is 52.7 Å². The Hall–Kier alpha value is -4.36. The van der Waals surface area contributed by atoms with Gasteiger partial charge in [-0.2, -0.15) is 0 Å². The van der Waals surface area contributed by atoms with Crippen LogP contribution in [0, 0.1) is 27.6 Å². The van der Waals surface area contributed by atoms with Crippen molar-refractivity contribution in [3.05, 3.63) is 143 Å². The van der Waals surface area contributed by atoms with E-state index in [4.69, 9.17) is 13.0 Å². The zero-order valence-corrected chi connectivity index (χ0v) is 27.4. The van der Waals surface area contributed by atoms with Gasteiger partial charge in [0.05, 0.1) is 0 Å². The van der Waals surface area contributed by atoms with E-state index in [9.17, 15) is 0 Å². The summed E-state index contributed by atoms with van der Waals surface area (Å²) in [7, 11) is 0. The number of ether oxygens (including phenoxy) is 1. The van der Waals surface area contributed by atoms with Crippen molar-refractivity contribution in [2.45, 2.75) is 46.8 Å². The number of hydrogen-bond acceptors (Lipinski definition) is 1. The van der Waals surface area contributed by atoms with Gasteiger partial charge in [0, 0.05) is 9.68 Å². The zero-order valence-electron chi connectivity index (χ0n) is 31.7. The van der Waals surface area contributed by atoms with E-state index in [0.717, 1.165) is 27.8 Å². The fraction of sp³-hybridized carbons (Fsp3) is 0.163. The Morgan fingerprint density at radius 3 is 2.04 bits per heavy atom. The molecule has 2 heterocycles. The summed E-state index contributed by atoms with van der Waals surface area (Å²) in [4.78, 5) is 0. The van der Waals surface area contributed by atoms with Gasteiger partial charge in [-0.3, -0.25) is 0 Å². The summed E-state index contributed by atoms with van der Waals surface area (Å²) in [6.07, 6.45) is 0. The van der Waals surface area contributed by atoms with E-state index < -0.39 is 19.1 Å².